The molecule has 0 atom stereocenters. The zero-order valence-electron chi connectivity index (χ0n) is 9.74. The van der Waals surface area contributed by atoms with E-state index in [9.17, 15) is 0 Å². The molecule has 0 nitrogen and oxygen atoms in total. The third kappa shape index (κ3) is 3.35. The van der Waals surface area contributed by atoms with Crippen molar-refractivity contribution in [2.75, 3.05) is 0 Å². The van der Waals surface area contributed by atoms with Crippen LogP contribution >= 0.6 is 0 Å². The molecule has 0 radical (unpaired) electrons. The number of hydrogen-bond acceptors (Lipinski definition) is 0. The van der Waals surface area contributed by atoms with Crippen LogP contribution in [0.2, 0.25) is 0 Å². The normalized spacial score (nSPS) is 10.7. The van der Waals surface area contributed by atoms with E-state index in [1.807, 2.05) is 0 Å². The van der Waals surface area contributed by atoms with Gasteiger partial charge in [-0.1, -0.05) is 60.7 Å². The Kier molecular flexibility index (Phi) is 7.79. The van der Waals surface area contributed by atoms with Crippen molar-refractivity contribution in [1.82, 2.24) is 0 Å². The van der Waals surface area contributed by atoms with Crippen molar-refractivity contribution in [3.63, 3.8) is 0 Å². The molecule has 0 aliphatic heterocycles. The number of halogens is 2. The van der Waals surface area contributed by atoms with Crippen molar-refractivity contribution in [2.45, 2.75) is 6.42 Å². The van der Waals surface area contributed by atoms with Crippen LogP contribution in [0.15, 0.2) is 54.6 Å². The average molecular weight is 354 g/mol. The Labute approximate surface area is 139 Å². The minimum Gasteiger partial charge on any atom is -1.00 e. The molecule has 0 saturated heterocycles. The molecule has 2 aromatic rings. The van der Waals surface area contributed by atoms with Gasteiger partial charge < -0.3 is 24.8 Å². The Morgan fingerprint density at radius 3 is 2.22 bits per heavy atom. The predicted molar refractivity (Wildman–Crippen MR) is 64.6 cm³/mol. The van der Waals surface area contributed by atoms with E-state index in [2.05, 4.69) is 60.7 Å². The summed E-state index contributed by atoms with van der Waals surface area (Å²) in [5.41, 5.74) is 5.49. The minimum absolute atomic E-state index is 0. The second kappa shape index (κ2) is 7.94. The fourth-order valence-electron chi connectivity index (χ4n) is 2.16. The summed E-state index contributed by atoms with van der Waals surface area (Å²) in [5.74, 6) is 0. The first kappa shape index (κ1) is 17.6. The molecule has 0 fully saturated rings. The molecule has 0 bridgehead atoms. The first-order valence-electron chi connectivity index (χ1n) is 5.29. The zero-order valence-corrected chi connectivity index (χ0v) is 13.7. The number of hydrogen-bond donors (Lipinski definition) is 0. The van der Waals surface area contributed by atoms with Crippen LogP contribution in [-0.2, 0) is 32.6 Å². The molecule has 2 aromatic carbocycles. The van der Waals surface area contributed by atoms with Crippen LogP contribution in [-0.4, -0.2) is 0 Å². The van der Waals surface area contributed by atoms with Crippen LogP contribution in [0.5, 0.6) is 0 Å². The van der Waals surface area contributed by atoms with Crippen LogP contribution < -0.4 is 24.8 Å². The molecule has 0 saturated carbocycles. The van der Waals surface area contributed by atoms with Crippen LogP contribution in [0.1, 0.15) is 11.1 Å². The summed E-state index contributed by atoms with van der Waals surface area (Å²) in [6.07, 6.45) is 5.55. The number of allylic oxidation sites excluding steroid dienone is 1. The van der Waals surface area contributed by atoms with Crippen LogP contribution in [0.4, 0.5) is 0 Å². The largest absolute Gasteiger partial charge is 2.00 e. The van der Waals surface area contributed by atoms with E-state index in [4.69, 9.17) is 0 Å². The third-order valence-corrected chi connectivity index (χ3v) is 2.90. The maximum atomic E-state index is 2.23. The number of fused-ring (bicyclic) bond motifs is 1. The van der Waals surface area contributed by atoms with Crippen LogP contribution in [0.25, 0.3) is 17.2 Å². The van der Waals surface area contributed by atoms with Gasteiger partial charge in [0.15, 0.2) is 0 Å². The summed E-state index contributed by atoms with van der Waals surface area (Å²) in [4.78, 5) is 0. The smallest absolute Gasteiger partial charge is 1.00 e. The third-order valence-electron chi connectivity index (χ3n) is 2.90. The van der Waals surface area contributed by atoms with Gasteiger partial charge >= 0.3 is 26.2 Å². The fraction of sp³-hybridized carbons (Fsp3) is 0.0667. The van der Waals surface area contributed by atoms with Crippen molar-refractivity contribution in [2.24, 2.45) is 0 Å². The molecule has 0 spiro atoms. The van der Waals surface area contributed by atoms with Gasteiger partial charge in [0, 0.05) is 0 Å². The van der Waals surface area contributed by atoms with E-state index < -0.39 is 0 Å². The molecule has 3 rings (SSSR count). The van der Waals surface area contributed by atoms with Gasteiger partial charge in [-0.3, -0.25) is 0 Å². The standard InChI is InChI=1S/C15H12.2ClH.Zr/c1-2-6-12(7-3-1)14-10-4-8-13-9-5-11-15(13)14;;;/h1-8,10-11H,9H2;2*1H;/q;;;+2/p-2. The van der Waals surface area contributed by atoms with E-state index in [1.165, 1.54) is 22.3 Å². The van der Waals surface area contributed by atoms with Gasteiger partial charge in [-0.15, -0.1) is 0 Å². The molecule has 0 amide bonds. The van der Waals surface area contributed by atoms with Crippen molar-refractivity contribution in [1.29, 1.82) is 0 Å². The summed E-state index contributed by atoms with van der Waals surface area (Å²) in [6, 6.07) is 17.1. The van der Waals surface area contributed by atoms with Crippen molar-refractivity contribution in [3.05, 3.63) is 65.7 Å². The molecule has 18 heavy (non-hydrogen) atoms. The summed E-state index contributed by atoms with van der Waals surface area (Å²) in [7, 11) is 0. The quantitative estimate of drug-likeness (QED) is 0.552. The Morgan fingerprint density at radius 2 is 1.50 bits per heavy atom. The van der Waals surface area contributed by atoms with Crippen molar-refractivity contribution in [3.8, 4) is 11.1 Å². The Morgan fingerprint density at radius 1 is 0.778 bits per heavy atom. The molecule has 90 valence electrons. The van der Waals surface area contributed by atoms with E-state index in [-0.39, 0.29) is 51.0 Å². The van der Waals surface area contributed by atoms with Crippen LogP contribution in [0, 0.1) is 0 Å². The van der Waals surface area contributed by atoms with Gasteiger partial charge in [-0.2, -0.15) is 0 Å². The Bertz CT molecular complexity index is 521. The van der Waals surface area contributed by atoms with Gasteiger partial charge in [-0.25, -0.2) is 0 Å². The monoisotopic (exact) mass is 352 g/mol. The predicted octanol–water partition coefficient (Wildman–Crippen LogP) is -2.07. The maximum absolute atomic E-state index is 2.23. The molecule has 3 heteroatoms. The molecule has 1 aliphatic rings. The first-order valence-corrected chi connectivity index (χ1v) is 5.29. The van der Waals surface area contributed by atoms with Gasteiger partial charge in [0.1, 0.15) is 0 Å². The van der Waals surface area contributed by atoms with E-state index in [0.29, 0.717) is 0 Å². The van der Waals surface area contributed by atoms with Crippen molar-refractivity contribution >= 4 is 6.08 Å². The fourth-order valence-corrected chi connectivity index (χ4v) is 2.16. The Balaban J connectivity index is 0.000000963. The second-order valence-corrected chi connectivity index (χ2v) is 3.85. The van der Waals surface area contributed by atoms with E-state index in [0.717, 1.165) is 6.42 Å². The second-order valence-electron chi connectivity index (χ2n) is 3.85. The summed E-state index contributed by atoms with van der Waals surface area (Å²) in [5, 5.41) is 0. The molecule has 0 aromatic heterocycles. The van der Waals surface area contributed by atoms with E-state index >= 15 is 0 Å². The topological polar surface area (TPSA) is 0 Å². The minimum atomic E-state index is 0. The first-order chi connectivity index (χ1) is 7.45. The molecule has 0 heterocycles. The number of rotatable bonds is 1. The van der Waals surface area contributed by atoms with Crippen LogP contribution in [0.3, 0.4) is 0 Å². The summed E-state index contributed by atoms with van der Waals surface area (Å²) >= 11 is 0. The zero-order chi connectivity index (χ0) is 10.1. The average Bonchev–Trinajstić information content (AvgIpc) is 2.78. The van der Waals surface area contributed by atoms with E-state index in [1.54, 1.807) is 0 Å². The Hall–Kier alpha value is -0.357. The number of benzene rings is 2. The van der Waals surface area contributed by atoms with Gasteiger partial charge in [0.2, 0.25) is 0 Å². The SMILES string of the molecule is C1=Cc2c(cccc2-c2ccccc2)C1.[Cl-].[Cl-].[Zr+2]. The van der Waals surface area contributed by atoms with Gasteiger partial charge in [-0.05, 0) is 28.7 Å². The molecular formula is C15H12Cl2Zr. The van der Waals surface area contributed by atoms with Gasteiger partial charge in [0.25, 0.3) is 0 Å². The summed E-state index contributed by atoms with van der Waals surface area (Å²) < 4.78 is 0. The maximum Gasteiger partial charge on any atom is 2.00 e. The molecule has 0 N–H and O–H groups in total. The molecule has 0 unspecified atom stereocenters. The summed E-state index contributed by atoms with van der Waals surface area (Å²) in [6.45, 7) is 0. The molecule has 1 aliphatic carbocycles. The molecular weight excluding hydrogens is 342 g/mol. The van der Waals surface area contributed by atoms with Crippen molar-refractivity contribution < 1.29 is 51.0 Å². The van der Waals surface area contributed by atoms with Gasteiger partial charge in [0.05, 0.1) is 0 Å².